The van der Waals surface area contributed by atoms with Gasteiger partial charge in [-0.1, -0.05) is 6.92 Å². The summed E-state index contributed by atoms with van der Waals surface area (Å²) >= 11 is 1.68. The largest absolute Gasteiger partial charge is 0.478 e. The van der Waals surface area contributed by atoms with Gasteiger partial charge in [0.1, 0.15) is 0 Å². The van der Waals surface area contributed by atoms with Gasteiger partial charge in [-0.15, -0.1) is 0 Å². The van der Waals surface area contributed by atoms with Crippen LogP contribution in [0.2, 0.25) is 0 Å². The first-order valence-corrected chi connectivity index (χ1v) is 8.69. The molecule has 0 bridgehead atoms. The Hall–Kier alpha value is -2.38. The molecule has 0 aliphatic carbocycles. The summed E-state index contributed by atoms with van der Waals surface area (Å²) in [5.74, 6) is 0.624. The quantitative estimate of drug-likeness (QED) is 0.715. The maximum absolute atomic E-state index is 10.9. The van der Waals surface area contributed by atoms with E-state index in [0.29, 0.717) is 11.4 Å². The van der Waals surface area contributed by atoms with Gasteiger partial charge in [-0.2, -0.15) is 16.9 Å². The monoisotopic (exact) mass is 343 g/mol. The van der Waals surface area contributed by atoms with Gasteiger partial charge >= 0.3 is 5.97 Å². The van der Waals surface area contributed by atoms with Crippen LogP contribution >= 0.6 is 11.8 Å². The molecule has 124 valence electrons. The Morgan fingerprint density at radius 1 is 1.29 bits per heavy atom. The van der Waals surface area contributed by atoms with Crippen molar-refractivity contribution in [3.05, 3.63) is 53.9 Å². The molecule has 0 saturated carbocycles. The van der Waals surface area contributed by atoms with Crippen LogP contribution in [-0.4, -0.2) is 42.5 Å². The molecule has 2 N–H and O–H groups in total. The first-order chi connectivity index (χ1) is 11.6. The smallest absolute Gasteiger partial charge is 0.335 e. The van der Waals surface area contributed by atoms with Crippen molar-refractivity contribution in [2.45, 2.75) is 13.0 Å². The highest BCUT2D eigenvalue weighted by atomic mass is 32.2. The summed E-state index contributed by atoms with van der Waals surface area (Å²) < 4.78 is 1.65. The molecule has 0 aliphatic heterocycles. The first-order valence-electron chi connectivity index (χ1n) is 7.53. The molecule has 24 heavy (non-hydrogen) atoms. The van der Waals surface area contributed by atoms with Gasteiger partial charge in [0, 0.05) is 22.9 Å². The minimum Gasteiger partial charge on any atom is -0.478 e. The van der Waals surface area contributed by atoms with E-state index in [9.17, 15) is 9.90 Å². The number of carboxylic acid groups (broad SMARTS) is 1. The lowest BCUT2D eigenvalue weighted by Crippen LogP contribution is -2.03. The summed E-state index contributed by atoms with van der Waals surface area (Å²) in [6, 6.07) is 8.34. The van der Waals surface area contributed by atoms with Crippen LogP contribution in [0.4, 0.5) is 0 Å². The first kappa shape index (κ1) is 16.5. The van der Waals surface area contributed by atoms with Gasteiger partial charge in [0.15, 0.2) is 5.65 Å². The fourth-order valence-corrected chi connectivity index (χ4v) is 3.03. The minimum atomic E-state index is -0.964. The summed E-state index contributed by atoms with van der Waals surface area (Å²) in [5, 5.41) is 24.3. The number of carboxylic acids is 1. The lowest BCUT2D eigenvalue weighted by atomic mass is 10.1. The fourth-order valence-electron chi connectivity index (χ4n) is 2.38. The highest BCUT2D eigenvalue weighted by molar-refractivity contribution is 7.99. The zero-order valence-electron chi connectivity index (χ0n) is 13.1. The number of fused-ring (bicyclic) bond motifs is 1. The molecule has 7 heteroatoms. The molecule has 0 amide bonds. The number of pyridine rings is 1. The lowest BCUT2D eigenvalue weighted by molar-refractivity contribution is 0.0697. The highest BCUT2D eigenvalue weighted by Gasteiger charge is 2.12. The van der Waals surface area contributed by atoms with Crippen molar-refractivity contribution in [3.8, 4) is 5.69 Å². The Balaban J connectivity index is 1.92. The molecule has 1 aromatic carbocycles. The standard InChI is InChI=1S/C17H17N3O3S/c1-2-24-10-15(21)12-7-13-9-19-20(16(13)18-8-12)14-5-3-11(4-6-14)17(22)23/h3-9,15,21H,2,10H2,1H3,(H,22,23)/t15-/m0/s1. The number of aromatic nitrogens is 3. The van der Waals surface area contributed by atoms with E-state index in [4.69, 9.17) is 5.11 Å². The number of carbonyl (C=O) groups is 1. The van der Waals surface area contributed by atoms with E-state index < -0.39 is 12.1 Å². The molecule has 3 aromatic rings. The van der Waals surface area contributed by atoms with Crippen LogP contribution in [0, 0.1) is 0 Å². The van der Waals surface area contributed by atoms with Crippen molar-refractivity contribution in [3.63, 3.8) is 0 Å². The Kier molecular flexibility index (Phi) is 4.82. The van der Waals surface area contributed by atoms with Gasteiger partial charge in [0.25, 0.3) is 0 Å². The Labute approximate surface area is 143 Å². The van der Waals surface area contributed by atoms with Gasteiger partial charge in [0.05, 0.1) is 23.6 Å². The third kappa shape index (κ3) is 3.27. The number of benzene rings is 1. The summed E-state index contributed by atoms with van der Waals surface area (Å²) in [7, 11) is 0. The average molecular weight is 343 g/mol. The van der Waals surface area contributed by atoms with Gasteiger partial charge in [-0.05, 0) is 36.1 Å². The Bertz CT molecular complexity index is 861. The zero-order chi connectivity index (χ0) is 17.1. The lowest BCUT2D eigenvalue weighted by Gasteiger charge is -2.10. The molecule has 2 heterocycles. The van der Waals surface area contributed by atoms with Crippen LogP contribution < -0.4 is 0 Å². The van der Waals surface area contributed by atoms with E-state index in [0.717, 1.165) is 22.4 Å². The van der Waals surface area contributed by atoms with E-state index in [1.165, 1.54) is 12.1 Å². The number of hydrogen-bond donors (Lipinski definition) is 2. The van der Waals surface area contributed by atoms with Crippen molar-refractivity contribution in [2.24, 2.45) is 0 Å². The molecule has 0 spiro atoms. The number of aliphatic hydroxyl groups is 1. The number of aromatic carboxylic acids is 1. The summed E-state index contributed by atoms with van der Waals surface area (Å²) in [6.45, 7) is 2.05. The third-order valence-corrected chi connectivity index (χ3v) is 4.61. The molecule has 0 fully saturated rings. The second-order valence-electron chi connectivity index (χ2n) is 5.27. The number of hydrogen-bond acceptors (Lipinski definition) is 5. The summed E-state index contributed by atoms with van der Waals surface area (Å²) in [4.78, 5) is 15.3. The van der Waals surface area contributed by atoms with Crippen LogP contribution in [0.25, 0.3) is 16.7 Å². The highest BCUT2D eigenvalue weighted by Crippen LogP contribution is 2.23. The number of nitrogens with zero attached hydrogens (tertiary/aromatic N) is 3. The van der Waals surface area contributed by atoms with Crippen molar-refractivity contribution in [2.75, 3.05) is 11.5 Å². The molecule has 1 atom stereocenters. The van der Waals surface area contributed by atoms with Crippen molar-refractivity contribution >= 4 is 28.8 Å². The Morgan fingerprint density at radius 2 is 2.04 bits per heavy atom. The predicted molar refractivity (Wildman–Crippen MR) is 93.8 cm³/mol. The predicted octanol–water partition coefficient (Wildman–Crippen LogP) is 2.91. The minimum absolute atomic E-state index is 0.224. The van der Waals surface area contributed by atoms with E-state index in [1.807, 2.05) is 6.07 Å². The summed E-state index contributed by atoms with van der Waals surface area (Å²) in [6.07, 6.45) is 2.80. The fraction of sp³-hybridized carbons (Fsp3) is 0.235. The van der Waals surface area contributed by atoms with Gasteiger partial charge < -0.3 is 10.2 Å². The number of aliphatic hydroxyl groups excluding tert-OH is 1. The van der Waals surface area contributed by atoms with Gasteiger partial charge in [-0.3, -0.25) is 0 Å². The Morgan fingerprint density at radius 3 is 2.71 bits per heavy atom. The van der Waals surface area contributed by atoms with Crippen LogP contribution in [0.3, 0.4) is 0 Å². The molecule has 0 aliphatic rings. The molecule has 2 aromatic heterocycles. The van der Waals surface area contributed by atoms with E-state index in [2.05, 4.69) is 17.0 Å². The second kappa shape index (κ2) is 7.02. The van der Waals surface area contributed by atoms with Crippen LogP contribution in [-0.2, 0) is 0 Å². The van der Waals surface area contributed by atoms with Crippen LogP contribution in [0.15, 0.2) is 42.7 Å². The summed E-state index contributed by atoms with van der Waals surface area (Å²) in [5.41, 5.74) is 2.39. The maximum atomic E-state index is 10.9. The molecule has 0 saturated heterocycles. The van der Waals surface area contributed by atoms with E-state index in [-0.39, 0.29) is 5.56 Å². The third-order valence-electron chi connectivity index (χ3n) is 3.65. The van der Waals surface area contributed by atoms with Gasteiger partial charge in [0.2, 0.25) is 0 Å². The molecule has 3 rings (SSSR count). The van der Waals surface area contributed by atoms with Crippen LogP contribution in [0.1, 0.15) is 28.9 Å². The molecular formula is C17H17N3O3S. The number of thioether (sulfide) groups is 1. The molecule has 0 unspecified atom stereocenters. The van der Waals surface area contributed by atoms with Crippen molar-refractivity contribution in [1.29, 1.82) is 0 Å². The molecule has 6 nitrogen and oxygen atoms in total. The SMILES string of the molecule is CCSC[C@H](O)c1cnc2c(cnn2-c2ccc(C(=O)O)cc2)c1. The van der Waals surface area contributed by atoms with Crippen molar-refractivity contribution in [1.82, 2.24) is 14.8 Å². The normalized spacial score (nSPS) is 12.4. The van der Waals surface area contributed by atoms with Gasteiger partial charge in [-0.25, -0.2) is 14.5 Å². The average Bonchev–Trinajstić information content (AvgIpc) is 3.02. The maximum Gasteiger partial charge on any atom is 0.335 e. The zero-order valence-corrected chi connectivity index (χ0v) is 13.9. The molecular weight excluding hydrogens is 326 g/mol. The topological polar surface area (TPSA) is 88.2 Å². The second-order valence-corrected chi connectivity index (χ2v) is 6.58. The number of rotatable bonds is 6. The van der Waals surface area contributed by atoms with E-state index in [1.54, 1.807) is 41.0 Å². The van der Waals surface area contributed by atoms with E-state index >= 15 is 0 Å². The molecule has 0 radical (unpaired) electrons. The van der Waals surface area contributed by atoms with Crippen molar-refractivity contribution < 1.29 is 15.0 Å². The van der Waals surface area contributed by atoms with Crippen LogP contribution in [0.5, 0.6) is 0 Å².